The average molecular weight is 486 g/mol. The van der Waals surface area contributed by atoms with Crippen LogP contribution in [-0.2, 0) is 4.79 Å². The van der Waals surface area contributed by atoms with Crippen LogP contribution in [0.15, 0.2) is 24.4 Å². The Labute approximate surface area is 180 Å². The van der Waals surface area contributed by atoms with E-state index in [1.54, 1.807) is 0 Å². The van der Waals surface area contributed by atoms with Crippen molar-refractivity contribution in [1.82, 2.24) is 21.2 Å². The van der Waals surface area contributed by atoms with Crippen molar-refractivity contribution >= 4 is 11.9 Å². The summed E-state index contributed by atoms with van der Waals surface area (Å²) in [6.07, 6.45) is -7.32. The number of urea groups is 1. The number of carbonyl (C=O) groups is 2. The van der Waals surface area contributed by atoms with Crippen LogP contribution in [0.5, 0.6) is 5.75 Å². The van der Waals surface area contributed by atoms with Crippen molar-refractivity contribution in [2.24, 2.45) is 0 Å². The first-order valence-corrected chi connectivity index (χ1v) is 8.79. The lowest BCUT2D eigenvalue weighted by atomic mass is 10.0. The zero-order chi connectivity index (χ0) is 24.9. The number of hydrogen-bond donors (Lipinski definition) is 3. The molecule has 0 aliphatic heterocycles. The van der Waals surface area contributed by atoms with Crippen LogP contribution in [-0.4, -0.2) is 36.1 Å². The molecule has 1 atom stereocenters. The zero-order valence-corrected chi connectivity index (χ0v) is 16.4. The number of pyridine rings is 1. The minimum Gasteiger partial charge on any atom is -0.484 e. The lowest BCUT2D eigenvalue weighted by Crippen LogP contribution is -2.51. The number of rotatable bonds is 6. The Hall–Kier alpha value is -3.65. The standard InChI is InChI=1S/C18H14F8N4O3/c1-7(28-17(32)30-29-16(31)18(24,25)26)14-11(20)2-8(5-27-14)10-3-9(19)4-12(21)15(10)33-6-13(22)23/h2-5,7,13H,6H2,1H3,(H,29,31)(H2,28,30,32). The maximum absolute atomic E-state index is 14.6. The van der Waals surface area contributed by atoms with Gasteiger partial charge in [-0.3, -0.25) is 15.2 Å². The molecule has 3 N–H and O–H groups in total. The molecule has 1 unspecified atom stereocenters. The van der Waals surface area contributed by atoms with Gasteiger partial charge in [0, 0.05) is 23.4 Å². The number of carbonyl (C=O) groups excluding carboxylic acids is 2. The fraction of sp³-hybridized carbons (Fsp3) is 0.278. The zero-order valence-electron chi connectivity index (χ0n) is 16.4. The fourth-order valence-corrected chi connectivity index (χ4v) is 2.47. The Balaban J connectivity index is 2.20. The lowest BCUT2D eigenvalue weighted by Gasteiger charge is -2.17. The first-order valence-electron chi connectivity index (χ1n) is 8.79. The molecule has 0 aliphatic carbocycles. The molecule has 0 fully saturated rings. The number of benzene rings is 1. The van der Waals surface area contributed by atoms with Crippen molar-refractivity contribution in [1.29, 1.82) is 0 Å². The molecule has 2 aromatic rings. The topological polar surface area (TPSA) is 92.4 Å². The molecule has 7 nitrogen and oxygen atoms in total. The van der Waals surface area contributed by atoms with Crippen LogP contribution in [0.2, 0.25) is 0 Å². The van der Waals surface area contributed by atoms with Crippen molar-refractivity contribution in [2.45, 2.75) is 25.6 Å². The van der Waals surface area contributed by atoms with E-state index < -0.39 is 71.6 Å². The summed E-state index contributed by atoms with van der Waals surface area (Å²) < 4.78 is 108. The number of hydrazine groups is 1. The summed E-state index contributed by atoms with van der Waals surface area (Å²) in [6.45, 7) is -0.0280. The molecule has 0 saturated heterocycles. The van der Waals surface area contributed by atoms with Gasteiger partial charge >= 0.3 is 18.1 Å². The van der Waals surface area contributed by atoms with Gasteiger partial charge in [-0.2, -0.15) is 13.2 Å². The van der Waals surface area contributed by atoms with Crippen LogP contribution in [0.1, 0.15) is 18.7 Å². The van der Waals surface area contributed by atoms with Crippen LogP contribution in [0.4, 0.5) is 39.9 Å². The highest BCUT2D eigenvalue weighted by Crippen LogP contribution is 2.34. The second-order valence-electron chi connectivity index (χ2n) is 6.33. The van der Waals surface area contributed by atoms with E-state index in [1.807, 2.05) is 5.32 Å². The van der Waals surface area contributed by atoms with Crippen LogP contribution in [0, 0.1) is 17.5 Å². The normalized spacial score (nSPS) is 12.3. The van der Waals surface area contributed by atoms with E-state index in [4.69, 9.17) is 0 Å². The maximum atomic E-state index is 14.6. The largest absolute Gasteiger partial charge is 0.484 e. The number of hydrogen-bond acceptors (Lipinski definition) is 4. The molecular formula is C18H14F8N4O3. The Morgan fingerprint density at radius 2 is 1.73 bits per heavy atom. The van der Waals surface area contributed by atoms with E-state index in [1.165, 1.54) is 12.3 Å². The first-order chi connectivity index (χ1) is 15.3. The van der Waals surface area contributed by atoms with E-state index in [2.05, 4.69) is 9.72 Å². The summed E-state index contributed by atoms with van der Waals surface area (Å²) in [7, 11) is 0. The van der Waals surface area contributed by atoms with Gasteiger partial charge in [0.15, 0.2) is 11.6 Å². The summed E-state index contributed by atoms with van der Waals surface area (Å²) in [6, 6.07) is -0.767. The van der Waals surface area contributed by atoms with Gasteiger partial charge in [-0.1, -0.05) is 0 Å². The minimum atomic E-state index is -5.25. The summed E-state index contributed by atoms with van der Waals surface area (Å²) >= 11 is 0. The van der Waals surface area contributed by atoms with Crippen LogP contribution < -0.4 is 20.9 Å². The number of alkyl halides is 5. The molecule has 180 valence electrons. The third-order valence-corrected chi connectivity index (χ3v) is 3.85. The Bertz CT molecular complexity index is 1030. The predicted molar refractivity (Wildman–Crippen MR) is 95.3 cm³/mol. The number of aromatic nitrogens is 1. The molecule has 0 radical (unpaired) electrons. The number of amides is 3. The highest BCUT2D eigenvalue weighted by atomic mass is 19.4. The van der Waals surface area contributed by atoms with Crippen LogP contribution in [0.25, 0.3) is 11.1 Å². The second-order valence-corrected chi connectivity index (χ2v) is 6.33. The Morgan fingerprint density at radius 3 is 2.30 bits per heavy atom. The average Bonchev–Trinajstić information content (AvgIpc) is 2.69. The second kappa shape index (κ2) is 10.3. The molecule has 2 rings (SSSR count). The molecular weight excluding hydrogens is 472 g/mol. The van der Waals surface area contributed by atoms with Crippen molar-refractivity contribution in [2.75, 3.05) is 6.61 Å². The van der Waals surface area contributed by atoms with E-state index in [0.717, 1.165) is 17.7 Å². The Kier molecular flexibility index (Phi) is 8.00. The van der Waals surface area contributed by atoms with Gasteiger partial charge in [0.05, 0.1) is 11.7 Å². The van der Waals surface area contributed by atoms with Gasteiger partial charge in [0.2, 0.25) is 0 Å². The molecule has 33 heavy (non-hydrogen) atoms. The van der Waals surface area contributed by atoms with Crippen molar-refractivity contribution in [3.63, 3.8) is 0 Å². The molecule has 0 aliphatic rings. The molecule has 15 heteroatoms. The van der Waals surface area contributed by atoms with E-state index in [0.29, 0.717) is 12.1 Å². The Morgan fingerprint density at radius 1 is 1.06 bits per heavy atom. The van der Waals surface area contributed by atoms with Gasteiger partial charge in [-0.25, -0.2) is 32.2 Å². The molecule has 0 spiro atoms. The summed E-state index contributed by atoms with van der Waals surface area (Å²) in [5, 5.41) is 2.00. The summed E-state index contributed by atoms with van der Waals surface area (Å²) in [4.78, 5) is 25.9. The van der Waals surface area contributed by atoms with Gasteiger partial charge in [0.25, 0.3) is 6.43 Å². The number of nitrogens with one attached hydrogen (secondary N) is 3. The third-order valence-electron chi connectivity index (χ3n) is 3.85. The SMILES string of the molecule is CC(NC(=O)NNC(=O)C(F)(F)F)c1ncc(-c2cc(F)cc(F)c2OCC(F)F)cc1F. The van der Waals surface area contributed by atoms with Crippen molar-refractivity contribution in [3.05, 3.63) is 47.5 Å². The monoisotopic (exact) mass is 486 g/mol. The first kappa shape index (κ1) is 25.6. The number of halogens is 8. The van der Waals surface area contributed by atoms with Gasteiger partial charge in [0.1, 0.15) is 18.2 Å². The number of ether oxygens (including phenoxy) is 1. The molecule has 0 bridgehead atoms. The van der Waals surface area contributed by atoms with Crippen molar-refractivity contribution in [3.8, 4) is 16.9 Å². The molecule has 1 aromatic carbocycles. The minimum absolute atomic E-state index is 0.256. The molecule has 1 aromatic heterocycles. The highest BCUT2D eigenvalue weighted by Gasteiger charge is 2.39. The van der Waals surface area contributed by atoms with Gasteiger partial charge in [-0.15, -0.1) is 0 Å². The third kappa shape index (κ3) is 6.92. The number of nitrogens with zero attached hydrogens (tertiary/aromatic N) is 1. The van der Waals surface area contributed by atoms with E-state index in [9.17, 15) is 44.7 Å². The predicted octanol–water partition coefficient (Wildman–Crippen LogP) is 3.76. The molecule has 0 saturated carbocycles. The van der Waals surface area contributed by atoms with Gasteiger partial charge < -0.3 is 10.1 Å². The highest BCUT2D eigenvalue weighted by molar-refractivity contribution is 5.84. The van der Waals surface area contributed by atoms with Crippen LogP contribution >= 0.6 is 0 Å². The maximum Gasteiger partial charge on any atom is 0.472 e. The van der Waals surface area contributed by atoms with Crippen molar-refractivity contribution < 1.29 is 49.4 Å². The fourth-order valence-electron chi connectivity index (χ4n) is 2.47. The molecule has 3 amide bonds. The quantitative estimate of drug-likeness (QED) is 0.429. The summed E-state index contributed by atoms with van der Waals surface area (Å²) in [5.41, 5.74) is 1.38. The summed E-state index contributed by atoms with van der Waals surface area (Å²) in [5.74, 6) is -6.77. The molecule has 1 heterocycles. The van der Waals surface area contributed by atoms with E-state index >= 15 is 0 Å². The van der Waals surface area contributed by atoms with E-state index in [-0.39, 0.29) is 5.56 Å². The lowest BCUT2D eigenvalue weighted by molar-refractivity contribution is -0.174. The smallest absolute Gasteiger partial charge is 0.472 e. The van der Waals surface area contributed by atoms with Crippen LogP contribution in [0.3, 0.4) is 0 Å². The van der Waals surface area contributed by atoms with Gasteiger partial charge in [-0.05, 0) is 19.1 Å².